The van der Waals surface area contributed by atoms with Crippen molar-refractivity contribution in [3.63, 3.8) is 0 Å². The van der Waals surface area contributed by atoms with Crippen molar-refractivity contribution in [3.05, 3.63) is 18.5 Å². The van der Waals surface area contributed by atoms with Crippen molar-refractivity contribution in [2.75, 3.05) is 25.4 Å². The first-order valence-corrected chi connectivity index (χ1v) is 9.84. The molecule has 0 unspecified atom stereocenters. The van der Waals surface area contributed by atoms with Gasteiger partial charge in [-0.05, 0) is 31.2 Å². The van der Waals surface area contributed by atoms with Crippen molar-refractivity contribution < 1.29 is 13.2 Å². The molecule has 23 heavy (non-hydrogen) atoms. The number of sulfonamides is 1. The number of hydrogen-bond acceptors (Lipinski definition) is 4. The van der Waals surface area contributed by atoms with E-state index >= 15 is 0 Å². The Morgan fingerprint density at radius 2 is 2.09 bits per heavy atom. The summed E-state index contributed by atoms with van der Waals surface area (Å²) < 4.78 is 27.3. The van der Waals surface area contributed by atoms with Crippen LogP contribution in [0.5, 0.6) is 0 Å². The molecule has 0 atom stereocenters. The third-order valence-corrected chi connectivity index (χ3v) is 6.22. The molecule has 130 valence electrons. The van der Waals surface area contributed by atoms with E-state index in [0.717, 1.165) is 12.8 Å². The second kappa shape index (κ2) is 8.44. The minimum atomic E-state index is -3.09. The molecule has 1 aliphatic rings. The molecule has 0 spiro atoms. The van der Waals surface area contributed by atoms with Gasteiger partial charge in [0.15, 0.2) is 0 Å². The Bertz CT molecular complexity index is 578. The molecule has 0 saturated carbocycles. The highest BCUT2D eigenvalue weighted by Crippen LogP contribution is 2.19. The fraction of sp³-hybridized carbons (Fsp3) is 0.733. The molecule has 2 rings (SSSR count). The Labute approximate surface area is 138 Å². The average molecular weight is 342 g/mol. The maximum atomic E-state index is 12.0. The molecule has 0 radical (unpaired) electrons. The first-order valence-electron chi connectivity index (χ1n) is 8.23. The van der Waals surface area contributed by atoms with E-state index in [1.807, 2.05) is 19.2 Å². The predicted octanol–water partition coefficient (Wildman–Crippen LogP) is 0.841. The monoisotopic (exact) mass is 342 g/mol. The van der Waals surface area contributed by atoms with E-state index in [-0.39, 0.29) is 11.7 Å². The average Bonchev–Trinajstić information content (AvgIpc) is 3.05. The van der Waals surface area contributed by atoms with Gasteiger partial charge in [-0.3, -0.25) is 9.48 Å². The Kier molecular flexibility index (Phi) is 6.59. The van der Waals surface area contributed by atoms with Gasteiger partial charge in [-0.25, -0.2) is 12.7 Å². The van der Waals surface area contributed by atoms with Gasteiger partial charge in [-0.2, -0.15) is 5.10 Å². The first-order chi connectivity index (χ1) is 11.0. The summed E-state index contributed by atoms with van der Waals surface area (Å²) in [5.41, 5.74) is 0. The number of amides is 1. The van der Waals surface area contributed by atoms with Crippen molar-refractivity contribution >= 4 is 15.9 Å². The fourth-order valence-corrected chi connectivity index (χ4v) is 4.32. The van der Waals surface area contributed by atoms with E-state index in [0.29, 0.717) is 44.9 Å². The highest BCUT2D eigenvalue weighted by atomic mass is 32.2. The number of nitrogens with zero attached hydrogens (tertiary/aromatic N) is 3. The third kappa shape index (κ3) is 5.62. The lowest BCUT2D eigenvalue weighted by molar-refractivity contribution is -0.121. The summed E-state index contributed by atoms with van der Waals surface area (Å²) in [7, 11) is -3.09. The summed E-state index contributed by atoms with van der Waals surface area (Å²) in [5, 5.41) is 7.00. The largest absolute Gasteiger partial charge is 0.356 e. The maximum Gasteiger partial charge on any atom is 0.221 e. The first kappa shape index (κ1) is 17.9. The standard InChI is InChI=1S/C15H26N4O3S/c1-2-12-23(21,22)19-10-4-14(5-11-19)13-16-15(20)6-9-18-8-3-7-17-18/h3,7-8,14H,2,4-6,9-13H2,1H3,(H,16,20). The molecule has 0 aliphatic carbocycles. The van der Waals surface area contributed by atoms with Crippen molar-refractivity contribution in [2.45, 2.75) is 39.2 Å². The highest BCUT2D eigenvalue weighted by Gasteiger charge is 2.27. The van der Waals surface area contributed by atoms with Crippen LogP contribution in [0.25, 0.3) is 0 Å². The third-order valence-electron chi connectivity index (χ3n) is 4.14. The van der Waals surface area contributed by atoms with Gasteiger partial charge in [0.05, 0.1) is 5.75 Å². The lowest BCUT2D eigenvalue weighted by Gasteiger charge is -2.31. The Morgan fingerprint density at radius 1 is 1.35 bits per heavy atom. The minimum Gasteiger partial charge on any atom is -0.356 e. The van der Waals surface area contributed by atoms with Crippen LogP contribution in [0.3, 0.4) is 0 Å². The SMILES string of the molecule is CCCS(=O)(=O)N1CCC(CNC(=O)CCn2cccn2)CC1. The number of aryl methyl sites for hydroxylation is 1. The van der Waals surface area contributed by atoms with E-state index in [9.17, 15) is 13.2 Å². The normalized spacial score (nSPS) is 17.3. The number of carbonyl (C=O) groups is 1. The number of piperidine rings is 1. The summed E-state index contributed by atoms with van der Waals surface area (Å²) >= 11 is 0. The van der Waals surface area contributed by atoms with Gasteiger partial charge in [-0.15, -0.1) is 0 Å². The van der Waals surface area contributed by atoms with Crippen LogP contribution in [0.15, 0.2) is 18.5 Å². The lowest BCUT2D eigenvalue weighted by Crippen LogP contribution is -2.42. The minimum absolute atomic E-state index is 0.0153. The van der Waals surface area contributed by atoms with Crippen LogP contribution in [-0.2, 0) is 21.4 Å². The van der Waals surface area contributed by atoms with Crippen molar-refractivity contribution in [1.82, 2.24) is 19.4 Å². The van der Waals surface area contributed by atoms with E-state index in [2.05, 4.69) is 10.4 Å². The number of carbonyl (C=O) groups excluding carboxylic acids is 1. The Balaban J connectivity index is 1.65. The molecule has 2 heterocycles. The van der Waals surface area contributed by atoms with Crippen LogP contribution in [0, 0.1) is 5.92 Å². The van der Waals surface area contributed by atoms with Gasteiger partial charge in [0.2, 0.25) is 15.9 Å². The molecule has 1 N–H and O–H groups in total. The molecule has 8 heteroatoms. The molecule has 1 aliphatic heterocycles. The van der Waals surface area contributed by atoms with E-state index in [1.54, 1.807) is 15.2 Å². The number of aromatic nitrogens is 2. The van der Waals surface area contributed by atoms with Gasteiger partial charge in [0.25, 0.3) is 0 Å². The molecule has 0 aromatic carbocycles. The van der Waals surface area contributed by atoms with Crippen molar-refractivity contribution in [1.29, 1.82) is 0 Å². The molecule has 1 aromatic heterocycles. The molecule has 7 nitrogen and oxygen atoms in total. The van der Waals surface area contributed by atoms with Crippen LogP contribution in [0.4, 0.5) is 0 Å². The van der Waals surface area contributed by atoms with Gasteiger partial charge >= 0.3 is 0 Å². The van der Waals surface area contributed by atoms with Crippen LogP contribution in [-0.4, -0.2) is 53.8 Å². The zero-order chi connectivity index (χ0) is 16.7. The zero-order valence-electron chi connectivity index (χ0n) is 13.6. The predicted molar refractivity (Wildman–Crippen MR) is 88.2 cm³/mol. The molecule has 1 amide bonds. The van der Waals surface area contributed by atoms with Crippen molar-refractivity contribution in [3.8, 4) is 0 Å². The molecular weight excluding hydrogens is 316 g/mol. The molecule has 1 fully saturated rings. The fourth-order valence-electron chi connectivity index (χ4n) is 2.77. The summed E-state index contributed by atoms with van der Waals surface area (Å²) in [5.74, 6) is 0.597. The topological polar surface area (TPSA) is 84.3 Å². The van der Waals surface area contributed by atoms with Gasteiger partial charge in [0.1, 0.15) is 0 Å². The van der Waals surface area contributed by atoms with Gasteiger partial charge in [-0.1, -0.05) is 6.92 Å². The number of rotatable bonds is 8. The smallest absolute Gasteiger partial charge is 0.221 e. The second-order valence-corrected chi connectivity index (χ2v) is 8.07. The molecule has 1 saturated heterocycles. The van der Waals surface area contributed by atoms with E-state index < -0.39 is 10.0 Å². The van der Waals surface area contributed by atoms with E-state index in [4.69, 9.17) is 0 Å². The van der Waals surface area contributed by atoms with Crippen molar-refractivity contribution in [2.24, 2.45) is 5.92 Å². The quantitative estimate of drug-likeness (QED) is 0.759. The van der Waals surface area contributed by atoms with Gasteiger partial charge < -0.3 is 5.32 Å². The number of nitrogens with one attached hydrogen (secondary N) is 1. The summed E-state index contributed by atoms with van der Waals surface area (Å²) in [6.07, 6.45) is 6.20. The van der Waals surface area contributed by atoms with Crippen LogP contribution in [0.2, 0.25) is 0 Å². The van der Waals surface area contributed by atoms with Crippen LogP contribution >= 0.6 is 0 Å². The van der Waals surface area contributed by atoms with Crippen LogP contribution < -0.4 is 5.32 Å². The maximum absolute atomic E-state index is 12.0. The lowest BCUT2D eigenvalue weighted by atomic mass is 9.98. The summed E-state index contributed by atoms with van der Waals surface area (Å²) in [4.78, 5) is 11.8. The Hall–Kier alpha value is -1.41. The van der Waals surface area contributed by atoms with E-state index in [1.165, 1.54) is 0 Å². The van der Waals surface area contributed by atoms with Gasteiger partial charge in [0, 0.05) is 45.0 Å². The summed E-state index contributed by atoms with van der Waals surface area (Å²) in [6.45, 7) is 4.21. The zero-order valence-corrected chi connectivity index (χ0v) is 14.5. The highest BCUT2D eigenvalue weighted by molar-refractivity contribution is 7.89. The second-order valence-electron chi connectivity index (χ2n) is 5.98. The molecule has 1 aromatic rings. The van der Waals surface area contributed by atoms with Crippen LogP contribution in [0.1, 0.15) is 32.6 Å². The number of hydrogen-bond donors (Lipinski definition) is 1. The molecular formula is C15H26N4O3S. The Morgan fingerprint density at radius 3 is 2.70 bits per heavy atom. The summed E-state index contributed by atoms with van der Waals surface area (Å²) in [6, 6.07) is 1.83. The molecule has 0 bridgehead atoms.